The van der Waals surface area contributed by atoms with E-state index in [9.17, 15) is 18.0 Å². The summed E-state index contributed by atoms with van der Waals surface area (Å²) >= 11 is 0. The summed E-state index contributed by atoms with van der Waals surface area (Å²) in [6.07, 6.45) is 0.460. The molecule has 1 aliphatic heterocycles. The van der Waals surface area contributed by atoms with E-state index in [-0.39, 0.29) is 29.4 Å². The Hall–Kier alpha value is -2.67. The van der Waals surface area contributed by atoms with Gasteiger partial charge in [0.1, 0.15) is 0 Å². The fraction of sp³-hybridized carbons (Fsp3) is 0.300. The first kappa shape index (κ1) is 19.1. The van der Waals surface area contributed by atoms with Gasteiger partial charge in [-0.25, -0.2) is 8.42 Å². The number of anilines is 1. The van der Waals surface area contributed by atoms with Gasteiger partial charge in [-0.1, -0.05) is 17.7 Å². The minimum atomic E-state index is -3.05. The van der Waals surface area contributed by atoms with Gasteiger partial charge in [0.05, 0.1) is 11.5 Å². The number of carbonyl (C=O) groups excluding carboxylic acids is 2. The summed E-state index contributed by atoms with van der Waals surface area (Å²) in [5.74, 6) is -0.379. The van der Waals surface area contributed by atoms with E-state index in [4.69, 9.17) is 0 Å². The van der Waals surface area contributed by atoms with Crippen molar-refractivity contribution < 1.29 is 18.0 Å². The summed E-state index contributed by atoms with van der Waals surface area (Å²) < 4.78 is 23.2. The van der Waals surface area contributed by atoms with E-state index in [0.29, 0.717) is 23.2 Å². The summed E-state index contributed by atoms with van der Waals surface area (Å²) in [6.45, 7) is 1.97. The van der Waals surface area contributed by atoms with Gasteiger partial charge in [-0.2, -0.15) is 0 Å². The molecule has 1 unspecified atom stereocenters. The van der Waals surface area contributed by atoms with Crippen LogP contribution >= 0.6 is 0 Å². The molecule has 0 saturated carbocycles. The molecule has 0 radical (unpaired) electrons. The van der Waals surface area contributed by atoms with Gasteiger partial charge in [0.2, 0.25) is 0 Å². The summed E-state index contributed by atoms with van der Waals surface area (Å²) in [6, 6.07) is 13.6. The summed E-state index contributed by atoms with van der Waals surface area (Å²) in [5.41, 5.74) is 2.68. The maximum Gasteiger partial charge on any atom is 0.255 e. The van der Waals surface area contributed by atoms with Crippen LogP contribution in [0.1, 0.15) is 32.7 Å². The number of nitrogens with one attached hydrogen (secondary N) is 1. The van der Waals surface area contributed by atoms with Crippen LogP contribution < -0.4 is 5.32 Å². The smallest absolute Gasteiger partial charge is 0.255 e. The van der Waals surface area contributed by atoms with Gasteiger partial charge in [-0.3, -0.25) is 9.59 Å². The van der Waals surface area contributed by atoms with Crippen LogP contribution in [-0.4, -0.2) is 49.7 Å². The number of rotatable bonds is 4. The molecule has 0 spiro atoms. The Labute approximate surface area is 159 Å². The first-order chi connectivity index (χ1) is 12.7. The number of carbonyl (C=O) groups is 2. The third-order valence-electron chi connectivity index (χ3n) is 4.78. The van der Waals surface area contributed by atoms with Crippen LogP contribution in [0.5, 0.6) is 0 Å². The highest BCUT2D eigenvalue weighted by atomic mass is 32.2. The number of hydrogen-bond acceptors (Lipinski definition) is 4. The molecule has 0 bridgehead atoms. The molecule has 1 fully saturated rings. The fourth-order valence-electron chi connectivity index (χ4n) is 3.05. The lowest BCUT2D eigenvalue weighted by Crippen LogP contribution is -2.37. The Bertz CT molecular complexity index is 950. The van der Waals surface area contributed by atoms with Crippen LogP contribution in [0.15, 0.2) is 48.5 Å². The summed E-state index contributed by atoms with van der Waals surface area (Å²) in [7, 11) is -1.44. The molecule has 1 heterocycles. The third kappa shape index (κ3) is 4.54. The standard InChI is InChI=1S/C20H22N2O4S/c1-14-3-9-17(10-4-14)21-19(23)15-5-7-16(8-6-15)20(24)22(2)18-11-12-27(25,26)13-18/h3-10,18H,11-13H2,1-2H3,(H,21,23). The van der Waals surface area contributed by atoms with E-state index in [1.54, 1.807) is 31.3 Å². The molecule has 1 aliphatic rings. The average Bonchev–Trinajstić information content (AvgIpc) is 3.02. The number of benzene rings is 2. The van der Waals surface area contributed by atoms with Gasteiger partial charge in [-0.05, 0) is 49.7 Å². The van der Waals surface area contributed by atoms with E-state index in [1.165, 1.54) is 4.90 Å². The van der Waals surface area contributed by atoms with Crippen molar-refractivity contribution in [3.8, 4) is 0 Å². The maximum absolute atomic E-state index is 12.6. The molecule has 1 saturated heterocycles. The Morgan fingerprint density at radius 2 is 1.59 bits per heavy atom. The van der Waals surface area contributed by atoms with E-state index in [1.807, 2.05) is 31.2 Å². The normalized spacial score (nSPS) is 18.1. The average molecular weight is 386 g/mol. The van der Waals surface area contributed by atoms with Crippen molar-refractivity contribution in [2.45, 2.75) is 19.4 Å². The molecule has 1 atom stereocenters. The van der Waals surface area contributed by atoms with Crippen molar-refractivity contribution >= 4 is 27.3 Å². The van der Waals surface area contributed by atoms with Crippen molar-refractivity contribution in [2.75, 3.05) is 23.9 Å². The second kappa shape index (κ2) is 7.52. The molecule has 0 aromatic heterocycles. The molecule has 27 heavy (non-hydrogen) atoms. The first-order valence-corrected chi connectivity index (χ1v) is 10.5. The minimum absolute atomic E-state index is 0.00623. The van der Waals surface area contributed by atoms with Gasteiger partial charge in [0.15, 0.2) is 9.84 Å². The van der Waals surface area contributed by atoms with Crippen molar-refractivity contribution in [2.24, 2.45) is 0 Å². The van der Waals surface area contributed by atoms with Crippen LogP contribution in [0.3, 0.4) is 0 Å². The number of amides is 2. The number of sulfone groups is 1. The fourth-order valence-corrected chi connectivity index (χ4v) is 4.83. The van der Waals surface area contributed by atoms with Crippen molar-refractivity contribution in [3.05, 3.63) is 65.2 Å². The van der Waals surface area contributed by atoms with E-state index in [0.717, 1.165) is 5.56 Å². The molecule has 142 valence electrons. The lowest BCUT2D eigenvalue weighted by molar-refractivity contribution is 0.0747. The highest BCUT2D eigenvalue weighted by Crippen LogP contribution is 2.19. The quantitative estimate of drug-likeness (QED) is 0.875. The van der Waals surface area contributed by atoms with Gasteiger partial charge < -0.3 is 10.2 Å². The highest BCUT2D eigenvalue weighted by molar-refractivity contribution is 7.91. The predicted octanol–water partition coefficient (Wildman–Crippen LogP) is 2.51. The van der Waals surface area contributed by atoms with Crippen LogP contribution in [-0.2, 0) is 9.84 Å². The molecule has 6 nitrogen and oxygen atoms in total. The van der Waals surface area contributed by atoms with Crippen LogP contribution in [0, 0.1) is 6.92 Å². The third-order valence-corrected chi connectivity index (χ3v) is 6.53. The topological polar surface area (TPSA) is 83.6 Å². The maximum atomic E-state index is 12.6. The van der Waals surface area contributed by atoms with Crippen molar-refractivity contribution in [1.29, 1.82) is 0 Å². The van der Waals surface area contributed by atoms with Gasteiger partial charge >= 0.3 is 0 Å². The highest BCUT2D eigenvalue weighted by Gasteiger charge is 2.33. The largest absolute Gasteiger partial charge is 0.338 e. The minimum Gasteiger partial charge on any atom is -0.338 e. The zero-order chi connectivity index (χ0) is 19.6. The predicted molar refractivity (Wildman–Crippen MR) is 105 cm³/mol. The van der Waals surface area contributed by atoms with E-state index >= 15 is 0 Å². The zero-order valence-corrected chi connectivity index (χ0v) is 16.1. The number of hydrogen-bond donors (Lipinski definition) is 1. The number of aryl methyl sites for hydroxylation is 1. The van der Waals surface area contributed by atoms with Crippen molar-refractivity contribution in [3.63, 3.8) is 0 Å². The molecular formula is C20H22N2O4S. The first-order valence-electron chi connectivity index (χ1n) is 8.71. The summed E-state index contributed by atoms with van der Waals surface area (Å²) in [5, 5.41) is 2.81. The Morgan fingerprint density at radius 1 is 1.00 bits per heavy atom. The molecule has 1 N–H and O–H groups in total. The number of nitrogens with zero attached hydrogens (tertiary/aromatic N) is 1. The second-order valence-electron chi connectivity index (χ2n) is 6.87. The molecule has 2 amide bonds. The van der Waals surface area contributed by atoms with Crippen molar-refractivity contribution in [1.82, 2.24) is 4.90 Å². The van der Waals surface area contributed by atoms with Gasteiger partial charge in [-0.15, -0.1) is 0 Å². The Balaban J connectivity index is 1.66. The molecule has 7 heteroatoms. The monoisotopic (exact) mass is 386 g/mol. The van der Waals surface area contributed by atoms with Gasteiger partial charge in [0, 0.05) is 29.9 Å². The van der Waals surface area contributed by atoms with E-state index in [2.05, 4.69) is 5.32 Å². The molecule has 0 aliphatic carbocycles. The van der Waals surface area contributed by atoms with Crippen LogP contribution in [0.25, 0.3) is 0 Å². The van der Waals surface area contributed by atoms with E-state index < -0.39 is 9.84 Å². The SMILES string of the molecule is Cc1ccc(NC(=O)c2ccc(C(=O)N(C)C3CCS(=O)(=O)C3)cc2)cc1. The Kier molecular flexibility index (Phi) is 5.32. The molecule has 3 rings (SSSR count). The van der Waals surface area contributed by atoms with Gasteiger partial charge in [0.25, 0.3) is 11.8 Å². The second-order valence-corrected chi connectivity index (χ2v) is 9.10. The Morgan fingerprint density at radius 3 is 2.15 bits per heavy atom. The zero-order valence-electron chi connectivity index (χ0n) is 15.3. The lowest BCUT2D eigenvalue weighted by Gasteiger charge is -2.23. The lowest BCUT2D eigenvalue weighted by atomic mass is 10.1. The summed E-state index contributed by atoms with van der Waals surface area (Å²) in [4.78, 5) is 26.4. The van der Waals surface area contributed by atoms with Crippen LogP contribution in [0.2, 0.25) is 0 Å². The molecule has 2 aromatic rings. The molecule has 2 aromatic carbocycles. The molecular weight excluding hydrogens is 364 g/mol. The van der Waals surface area contributed by atoms with Crippen LogP contribution in [0.4, 0.5) is 5.69 Å².